The highest BCUT2D eigenvalue weighted by Gasteiger charge is 2.22. The zero-order valence-corrected chi connectivity index (χ0v) is 31.3. The van der Waals surface area contributed by atoms with Gasteiger partial charge in [0.2, 0.25) is 0 Å². The molecule has 0 aliphatic rings. The van der Waals surface area contributed by atoms with Gasteiger partial charge in [0.05, 0.1) is 0 Å². The first kappa shape index (κ1) is 31.5. The molecule has 0 fully saturated rings. The van der Waals surface area contributed by atoms with Gasteiger partial charge in [-0.15, -0.1) is 0 Å². The van der Waals surface area contributed by atoms with Crippen molar-refractivity contribution >= 4 is 97.7 Å². The Hall–Kier alpha value is -7.68. The van der Waals surface area contributed by atoms with Crippen molar-refractivity contribution < 1.29 is 8.83 Å². The van der Waals surface area contributed by atoms with E-state index in [1.54, 1.807) is 0 Å². The molecule has 0 N–H and O–H groups in total. The standard InChI is InChI=1S/C56H32O2/c1-2-16-34-33(14-1)15-13-26-40(34)54-41-21-6-8-23-43(41)55(44-24-9-7-22-42(44)54)45-29-28-38(35-17-3-4-18-36(35)45)47-30-50-49-32-52-48(39-20-11-12-27-51(39)57-52)31-53(49)58-56(50)46-25-10-5-19-37(46)47/h1-32H. The van der Waals surface area contributed by atoms with Gasteiger partial charge >= 0.3 is 0 Å². The third-order valence-electron chi connectivity index (χ3n) is 12.5. The molecule has 0 bridgehead atoms. The number of benzene rings is 11. The van der Waals surface area contributed by atoms with Crippen molar-refractivity contribution in [3.63, 3.8) is 0 Å². The lowest BCUT2D eigenvalue weighted by Crippen LogP contribution is -1.93. The molecular weight excluding hydrogens is 705 g/mol. The van der Waals surface area contributed by atoms with Crippen LogP contribution in [0.5, 0.6) is 0 Å². The SMILES string of the molecule is c1ccc2c(-c3c4ccccc4c(-c4ccc(-c5cc6c7cc8oc9ccccc9c8cc7oc6c6ccccc56)c5ccccc45)c4ccccc34)cccc2c1. The minimum Gasteiger partial charge on any atom is -0.456 e. The van der Waals surface area contributed by atoms with Crippen LogP contribution < -0.4 is 0 Å². The van der Waals surface area contributed by atoms with Gasteiger partial charge in [0.15, 0.2) is 0 Å². The number of fused-ring (bicyclic) bond motifs is 12. The lowest BCUT2D eigenvalue weighted by atomic mass is 9.82. The average molecular weight is 737 g/mol. The number of rotatable bonds is 3. The zero-order chi connectivity index (χ0) is 37.9. The molecule has 13 rings (SSSR count). The first-order valence-electron chi connectivity index (χ1n) is 19.9. The molecule has 0 saturated carbocycles. The Morgan fingerprint density at radius 1 is 0.224 bits per heavy atom. The summed E-state index contributed by atoms with van der Waals surface area (Å²) in [4.78, 5) is 0. The average Bonchev–Trinajstić information content (AvgIpc) is 3.84. The summed E-state index contributed by atoms with van der Waals surface area (Å²) in [7, 11) is 0. The fraction of sp³-hybridized carbons (Fsp3) is 0. The van der Waals surface area contributed by atoms with Gasteiger partial charge in [-0.1, -0.05) is 170 Å². The smallest absolute Gasteiger partial charge is 0.143 e. The van der Waals surface area contributed by atoms with E-state index >= 15 is 0 Å². The molecule has 0 unspecified atom stereocenters. The van der Waals surface area contributed by atoms with E-state index in [1.807, 2.05) is 12.1 Å². The van der Waals surface area contributed by atoms with Crippen LogP contribution in [0.25, 0.3) is 131 Å². The molecule has 11 aromatic carbocycles. The van der Waals surface area contributed by atoms with E-state index in [-0.39, 0.29) is 0 Å². The van der Waals surface area contributed by atoms with Gasteiger partial charge in [-0.2, -0.15) is 0 Å². The van der Waals surface area contributed by atoms with Gasteiger partial charge in [-0.3, -0.25) is 0 Å². The second-order valence-corrected chi connectivity index (χ2v) is 15.5. The predicted octanol–water partition coefficient (Wildman–Crippen LogP) is 16.3. The van der Waals surface area contributed by atoms with Gasteiger partial charge in [-0.25, -0.2) is 0 Å². The summed E-state index contributed by atoms with van der Waals surface area (Å²) < 4.78 is 13.1. The Kier molecular flexibility index (Phi) is 6.47. The summed E-state index contributed by atoms with van der Waals surface area (Å²) in [6, 6.07) is 70.5. The van der Waals surface area contributed by atoms with Gasteiger partial charge in [0.25, 0.3) is 0 Å². The van der Waals surface area contributed by atoms with E-state index in [0.29, 0.717) is 0 Å². The number of hydrogen-bond donors (Lipinski definition) is 0. The quantitative estimate of drug-likeness (QED) is 0.169. The Balaban J connectivity index is 1.09. The maximum atomic E-state index is 6.75. The zero-order valence-electron chi connectivity index (χ0n) is 31.3. The van der Waals surface area contributed by atoms with E-state index in [9.17, 15) is 0 Å². The molecule has 13 aromatic rings. The first-order valence-corrected chi connectivity index (χ1v) is 19.9. The molecule has 2 heterocycles. The van der Waals surface area contributed by atoms with Crippen LogP contribution in [0.4, 0.5) is 0 Å². The maximum absolute atomic E-state index is 6.75. The fourth-order valence-corrected chi connectivity index (χ4v) is 9.94. The molecule has 0 aliphatic heterocycles. The molecule has 0 amide bonds. The molecule has 0 atom stereocenters. The summed E-state index contributed by atoms with van der Waals surface area (Å²) in [6.45, 7) is 0. The van der Waals surface area contributed by atoms with Gasteiger partial charge in [0, 0.05) is 26.9 Å². The van der Waals surface area contributed by atoms with Crippen LogP contribution in [-0.4, -0.2) is 0 Å². The van der Waals surface area contributed by atoms with E-state index in [4.69, 9.17) is 8.83 Å². The number of para-hydroxylation sites is 1. The van der Waals surface area contributed by atoms with E-state index in [0.717, 1.165) is 54.6 Å². The van der Waals surface area contributed by atoms with Crippen molar-refractivity contribution in [1.29, 1.82) is 0 Å². The molecule has 2 heteroatoms. The van der Waals surface area contributed by atoms with Crippen LogP contribution >= 0.6 is 0 Å². The summed E-state index contributed by atoms with van der Waals surface area (Å²) >= 11 is 0. The largest absolute Gasteiger partial charge is 0.456 e. The van der Waals surface area contributed by atoms with Gasteiger partial charge in [-0.05, 0) is 106 Å². The van der Waals surface area contributed by atoms with E-state index < -0.39 is 0 Å². The Morgan fingerprint density at radius 3 is 1.34 bits per heavy atom. The molecule has 268 valence electrons. The van der Waals surface area contributed by atoms with Crippen molar-refractivity contribution in [2.24, 2.45) is 0 Å². The van der Waals surface area contributed by atoms with Crippen LogP contribution in [0.3, 0.4) is 0 Å². The molecule has 0 aliphatic carbocycles. The fourth-order valence-electron chi connectivity index (χ4n) is 9.94. The molecule has 2 aromatic heterocycles. The minimum atomic E-state index is 0.863. The topological polar surface area (TPSA) is 26.3 Å². The second-order valence-electron chi connectivity index (χ2n) is 15.5. The number of hydrogen-bond acceptors (Lipinski definition) is 2. The predicted molar refractivity (Wildman–Crippen MR) is 245 cm³/mol. The lowest BCUT2D eigenvalue weighted by Gasteiger charge is -2.20. The molecule has 0 saturated heterocycles. The monoisotopic (exact) mass is 736 g/mol. The van der Waals surface area contributed by atoms with Crippen molar-refractivity contribution in [2.75, 3.05) is 0 Å². The molecule has 0 spiro atoms. The van der Waals surface area contributed by atoms with Gasteiger partial charge in [0.1, 0.15) is 22.3 Å². The maximum Gasteiger partial charge on any atom is 0.143 e. The normalized spacial score (nSPS) is 12.1. The second kappa shape index (κ2) is 11.9. The number of furan rings is 2. The van der Waals surface area contributed by atoms with E-state index in [2.05, 4.69) is 182 Å². The van der Waals surface area contributed by atoms with Gasteiger partial charge < -0.3 is 8.83 Å². The van der Waals surface area contributed by atoms with Crippen LogP contribution in [0, 0.1) is 0 Å². The van der Waals surface area contributed by atoms with Crippen molar-refractivity contribution in [3.8, 4) is 33.4 Å². The lowest BCUT2D eigenvalue weighted by molar-refractivity contribution is 0.665. The first-order chi connectivity index (χ1) is 28.8. The van der Waals surface area contributed by atoms with Crippen molar-refractivity contribution in [3.05, 3.63) is 194 Å². The highest BCUT2D eigenvalue weighted by atomic mass is 16.3. The summed E-state index contributed by atoms with van der Waals surface area (Å²) in [5.74, 6) is 0. The summed E-state index contributed by atoms with van der Waals surface area (Å²) in [5, 5.41) is 16.5. The Bertz CT molecular complexity index is 3800. The highest BCUT2D eigenvalue weighted by Crippen LogP contribution is 2.49. The van der Waals surface area contributed by atoms with E-state index in [1.165, 1.54) is 76.5 Å². The Labute approximate surface area is 332 Å². The molecule has 2 nitrogen and oxygen atoms in total. The third-order valence-corrected chi connectivity index (χ3v) is 12.5. The van der Waals surface area contributed by atoms with Crippen LogP contribution in [-0.2, 0) is 0 Å². The minimum absolute atomic E-state index is 0.863. The van der Waals surface area contributed by atoms with Crippen LogP contribution in [0.2, 0.25) is 0 Å². The molecule has 0 radical (unpaired) electrons. The third kappa shape index (κ3) is 4.37. The van der Waals surface area contributed by atoms with Crippen molar-refractivity contribution in [1.82, 2.24) is 0 Å². The highest BCUT2D eigenvalue weighted by molar-refractivity contribution is 6.27. The molecule has 58 heavy (non-hydrogen) atoms. The van der Waals surface area contributed by atoms with Crippen LogP contribution in [0.15, 0.2) is 203 Å². The summed E-state index contributed by atoms with van der Waals surface area (Å²) in [5.41, 5.74) is 10.9. The van der Waals surface area contributed by atoms with Crippen LogP contribution in [0.1, 0.15) is 0 Å². The van der Waals surface area contributed by atoms with Crippen molar-refractivity contribution in [2.45, 2.75) is 0 Å². The summed E-state index contributed by atoms with van der Waals surface area (Å²) in [6.07, 6.45) is 0. The Morgan fingerprint density at radius 2 is 0.672 bits per heavy atom. The molecular formula is C56H32O2.